The van der Waals surface area contributed by atoms with Gasteiger partial charge in [0.1, 0.15) is 5.82 Å². The largest absolute Gasteiger partial charge is 0.383 e. The molecule has 0 aromatic carbocycles. The van der Waals surface area contributed by atoms with E-state index in [4.69, 9.17) is 10.5 Å². The van der Waals surface area contributed by atoms with Crippen molar-refractivity contribution in [1.82, 2.24) is 29.1 Å². The molecule has 3 heterocycles. The van der Waals surface area contributed by atoms with E-state index in [-0.39, 0.29) is 48.7 Å². The number of fused-ring (bicyclic) bond motifs is 1. The lowest BCUT2D eigenvalue weighted by Gasteiger charge is -2.23. The summed E-state index contributed by atoms with van der Waals surface area (Å²) < 4.78 is 7.78. The highest BCUT2D eigenvalue weighted by molar-refractivity contribution is 6.05. The minimum atomic E-state index is -0.777. The zero-order valence-electron chi connectivity index (χ0n) is 18.2. The fourth-order valence-corrected chi connectivity index (χ4v) is 3.26. The summed E-state index contributed by atoms with van der Waals surface area (Å²) in [5.74, 6) is -0.580. The molecule has 0 atom stereocenters. The van der Waals surface area contributed by atoms with Crippen molar-refractivity contribution in [3.63, 3.8) is 0 Å². The van der Waals surface area contributed by atoms with Crippen LogP contribution in [-0.4, -0.2) is 55.3 Å². The van der Waals surface area contributed by atoms with Gasteiger partial charge < -0.3 is 10.5 Å². The number of ether oxygens (including phenoxy) is 1. The third kappa shape index (κ3) is 4.33. The average Bonchev–Trinajstić information content (AvgIpc) is 3.11. The Hall–Kier alpha value is -3.54. The van der Waals surface area contributed by atoms with Gasteiger partial charge in [0.05, 0.1) is 13.2 Å². The molecular formula is C19H26N8O4. The van der Waals surface area contributed by atoms with Gasteiger partial charge in [-0.1, -0.05) is 13.8 Å². The van der Waals surface area contributed by atoms with Crippen molar-refractivity contribution >= 4 is 23.2 Å². The smallest absolute Gasteiger partial charge is 0.330 e. The lowest BCUT2D eigenvalue weighted by Crippen LogP contribution is -2.43. The zero-order chi connectivity index (χ0) is 22.9. The molecule has 0 fully saturated rings. The molecule has 1 amide bonds. The Balaban J connectivity index is 2.15. The maximum atomic E-state index is 13.3. The molecule has 0 bridgehead atoms. The first-order valence-corrected chi connectivity index (χ1v) is 9.78. The molecule has 0 saturated carbocycles. The van der Waals surface area contributed by atoms with E-state index in [1.165, 1.54) is 16.2 Å². The number of carbonyl (C=O) groups excluding carboxylic acids is 1. The van der Waals surface area contributed by atoms with Crippen molar-refractivity contribution in [2.75, 3.05) is 30.9 Å². The van der Waals surface area contributed by atoms with Gasteiger partial charge in [-0.2, -0.15) is 4.98 Å². The van der Waals surface area contributed by atoms with E-state index in [0.29, 0.717) is 0 Å². The van der Waals surface area contributed by atoms with E-state index in [2.05, 4.69) is 20.1 Å². The molecule has 0 aliphatic carbocycles. The molecule has 0 spiro atoms. The van der Waals surface area contributed by atoms with E-state index < -0.39 is 17.2 Å². The first kappa shape index (κ1) is 22.2. The van der Waals surface area contributed by atoms with Crippen molar-refractivity contribution in [2.24, 2.45) is 5.92 Å². The highest BCUT2D eigenvalue weighted by Gasteiger charge is 2.28. The number of anilines is 2. The topological polar surface area (TPSA) is 153 Å². The van der Waals surface area contributed by atoms with Crippen molar-refractivity contribution in [1.29, 1.82) is 0 Å². The summed E-state index contributed by atoms with van der Waals surface area (Å²) >= 11 is 0. The van der Waals surface area contributed by atoms with Crippen LogP contribution in [0.15, 0.2) is 15.7 Å². The van der Waals surface area contributed by atoms with Gasteiger partial charge in [0.15, 0.2) is 5.69 Å². The number of nitrogen functional groups attached to an aromatic ring is 1. The summed E-state index contributed by atoms with van der Waals surface area (Å²) in [5.41, 5.74) is 6.11. The molecule has 0 radical (unpaired) electrons. The first-order valence-electron chi connectivity index (χ1n) is 9.78. The van der Waals surface area contributed by atoms with Gasteiger partial charge >= 0.3 is 5.69 Å². The molecule has 166 valence electrons. The molecule has 3 N–H and O–H groups in total. The average molecular weight is 430 g/mol. The molecule has 12 nitrogen and oxygen atoms in total. The third-order valence-electron chi connectivity index (χ3n) is 4.61. The number of carbonyl (C=O) groups is 1. The number of aryl methyl sites for hydroxylation is 2. The monoisotopic (exact) mass is 430 g/mol. The highest BCUT2D eigenvalue weighted by Crippen LogP contribution is 2.19. The van der Waals surface area contributed by atoms with Crippen molar-refractivity contribution in [3.05, 3.63) is 44.1 Å². The second kappa shape index (κ2) is 8.68. The fourth-order valence-electron chi connectivity index (χ4n) is 3.26. The Labute approximate surface area is 177 Å². The van der Waals surface area contributed by atoms with Crippen molar-refractivity contribution in [3.8, 4) is 0 Å². The van der Waals surface area contributed by atoms with Crippen LogP contribution in [0.5, 0.6) is 0 Å². The minimum absolute atomic E-state index is 0.00346. The van der Waals surface area contributed by atoms with Crippen LogP contribution in [0.4, 0.5) is 11.5 Å². The van der Waals surface area contributed by atoms with Gasteiger partial charge in [-0.05, 0) is 25.8 Å². The van der Waals surface area contributed by atoms with E-state index >= 15 is 0 Å². The molecule has 0 aliphatic heterocycles. The number of nitrogens with zero attached hydrogens (tertiary/aromatic N) is 6. The number of rotatable bonds is 7. The Kier molecular flexibility index (Phi) is 6.20. The summed E-state index contributed by atoms with van der Waals surface area (Å²) in [6, 6.07) is 1.81. The Morgan fingerprint density at radius 3 is 2.65 bits per heavy atom. The van der Waals surface area contributed by atoms with Gasteiger partial charge in [0, 0.05) is 25.0 Å². The number of H-pyrrole nitrogens is 1. The molecule has 3 rings (SSSR count). The Morgan fingerprint density at radius 1 is 1.29 bits per heavy atom. The molecule has 0 saturated heterocycles. The van der Waals surface area contributed by atoms with Crippen LogP contribution >= 0.6 is 0 Å². The summed E-state index contributed by atoms with van der Waals surface area (Å²) in [7, 11) is 1.47. The quantitative estimate of drug-likeness (QED) is 0.536. The summed E-state index contributed by atoms with van der Waals surface area (Å²) in [4.78, 5) is 50.2. The Bertz CT molecular complexity index is 1240. The predicted octanol–water partition coefficient (Wildman–Crippen LogP) is 0.123. The van der Waals surface area contributed by atoms with Crippen LogP contribution in [0.25, 0.3) is 5.78 Å². The summed E-state index contributed by atoms with van der Waals surface area (Å²) in [5, 5.41) is 4.24. The maximum Gasteiger partial charge on any atom is 0.330 e. The summed E-state index contributed by atoms with van der Waals surface area (Å²) in [6.45, 7) is 7.84. The third-order valence-corrected chi connectivity index (χ3v) is 4.61. The van der Waals surface area contributed by atoms with Crippen LogP contribution in [0.2, 0.25) is 0 Å². The number of methoxy groups -OCH3 is 1. The van der Waals surface area contributed by atoms with E-state index in [1.807, 2.05) is 33.8 Å². The van der Waals surface area contributed by atoms with Crippen molar-refractivity contribution < 1.29 is 9.53 Å². The van der Waals surface area contributed by atoms with Gasteiger partial charge in [0.25, 0.3) is 17.2 Å². The van der Waals surface area contributed by atoms with Crippen LogP contribution in [0, 0.1) is 19.8 Å². The van der Waals surface area contributed by atoms with Gasteiger partial charge in [-0.25, -0.2) is 14.3 Å². The molecular weight excluding hydrogens is 404 g/mol. The minimum Gasteiger partial charge on any atom is -0.383 e. The van der Waals surface area contributed by atoms with Gasteiger partial charge in [-0.15, -0.1) is 5.10 Å². The number of hydrogen-bond acceptors (Lipinski definition) is 8. The van der Waals surface area contributed by atoms with Gasteiger partial charge in [0.2, 0.25) is 5.82 Å². The van der Waals surface area contributed by atoms with Crippen LogP contribution < -0.4 is 21.9 Å². The first-order chi connectivity index (χ1) is 14.6. The van der Waals surface area contributed by atoms with E-state index in [1.54, 1.807) is 0 Å². The lowest BCUT2D eigenvalue weighted by atomic mass is 10.2. The second-order valence-electron chi connectivity index (χ2n) is 7.63. The standard InChI is InChI=1S/C19H26N8O4/c1-10(2)9-26-14(20)13(16(28)23-19(26)30)25(6-7-31-5)17(29)15-22-18-21-11(3)8-12(4)27(18)24-15/h8,10H,6-7,9,20H2,1-5H3,(H,23,28,30). The van der Waals surface area contributed by atoms with E-state index in [9.17, 15) is 14.4 Å². The predicted molar refractivity (Wildman–Crippen MR) is 114 cm³/mol. The number of aromatic amines is 1. The number of amides is 1. The van der Waals surface area contributed by atoms with Crippen LogP contribution in [0.3, 0.4) is 0 Å². The molecule has 31 heavy (non-hydrogen) atoms. The van der Waals surface area contributed by atoms with Gasteiger partial charge in [-0.3, -0.25) is 24.0 Å². The second-order valence-corrected chi connectivity index (χ2v) is 7.63. The highest BCUT2D eigenvalue weighted by atomic mass is 16.5. The zero-order valence-corrected chi connectivity index (χ0v) is 18.2. The normalized spacial score (nSPS) is 11.4. The van der Waals surface area contributed by atoms with Crippen LogP contribution in [-0.2, 0) is 11.3 Å². The summed E-state index contributed by atoms with van der Waals surface area (Å²) in [6.07, 6.45) is 0. The molecule has 0 unspecified atom stereocenters. The SMILES string of the molecule is COCCN(C(=O)c1nc2nc(C)cc(C)n2n1)c1c(N)n(CC(C)C)c(=O)[nH]c1=O. The maximum absolute atomic E-state index is 13.3. The lowest BCUT2D eigenvalue weighted by molar-refractivity contribution is 0.0965. The van der Waals surface area contributed by atoms with Crippen LogP contribution in [0.1, 0.15) is 35.9 Å². The van der Waals surface area contributed by atoms with Crippen molar-refractivity contribution in [2.45, 2.75) is 34.2 Å². The number of hydrogen-bond donors (Lipinski definition) is 2. The van der Waals surface area contributed by atoms with E-state index in [0.717, 1.165) is 16.3 Å². The number of nitrogens with two attached hydrogens (primary N) is 1. The Morgan fingerprint density at radius 2 is 2.00 bits per heavy atom. The molecule has 3 aromatic rings. The molecule has 12 heteroatoms. The fraction of sp³-hybridized carbons (Fsp3) is 0.474. The molecule has 3 aromatic heterocycles. The molecule has 0 aliphatic rings. The number of nitrogens with one attached hydrogen (secondary N) is 1. The number of aromatic nitrogens is 6.